The van der Waals surface area contributed by atoms with Crippen LogP contribution in [0, 0.1) is 0 Å². The third-order valence-electron chi connectivity index (χ3n) is 8.07. The molecule has 2 saturated heterocycles. The van der Waals surface area contributed by atoms with E-state index in [9.17, 15) is 30.6 Å². The first-order valence-corrected chi connectivity index (χ1v) is 13.5. The van der Waals surface area contributed by atoms with Gasteiger partial charge in [-0.1, -0.05) is 6.07 Å². The first kappa shape index (κ1) is 29.2. The summed E-state index contributed by atoms with van der Waals surface area (Å²) in [7, 11) is 3.10. The average molecular weight is 595 g/mol. The predicted octanol–water partition coefficient (Wildman–Crippen LogP) is -1.04. The molecule has 4 heterocycles. The summed E-state index contributed by atoms with van der Waals surface area (Å²) in [4.78, 5) is 0. The van der Waals surface area contributed by atoms with Gasteiger partial charge in [-0.05, 0) is 18.2 Å². The maximum Gasteiger partial charge on any atom is 0.229 e. The van der Waals surface area contributed by atoms with Crippen LogP contribution in [0.15, 0.2) is 30.3 Å². The molecule has 14 heteroatoms. The van der Waals surface area contributed by atoms with Crippen molar-refractivity contribution in [1.82, 2.24) is 0 Å². The number of fused-ring (bicyclic) bond motifs is 5. The Labute approximate surface area is 240 Å². The van der Waals surface area contributed by atoms with Gasteiger partial charge in [-0.2, -0.15) is 0 Å². The largest absolute Gasteiger partial charge is 0.493 e. The Morgan fingerprint density at radius 3 is 2.38 bits per heavy atom. The van der Waals surface area contributed by atoms with Gasteiger partial charge in [-0.25, -0.2) is 0 Å². The van der Waals surface area contributed by atoms with Gasteiger partial charge in [-0.15, -0.1) is 0 Å². The molecule has 2 fully saturated rings. The summed E-state index contributed by atoms with van der Waals surface area (Å²) < 4.78 is 46.1. The van der Waals surface area contributed by atoms with Crippen LogP contribution in [0.3, 0.4) is 0 Å². The van der Waals surface area contributed by atoms with Gasteiger partial charge >= 0.3 is 0 Å². The Morgan fingerprint density at radius 2 is 1.64 bits per heavy atom. The predicted molar refractivity (Wildman–Crippen MR) is 139 cm³/mol. The molecule has 42 heavy (non-hydrogen) atoms. The van der Waals surface area contributed by atoms with Gasteiger partial charge in [0.05, 0.1) is 40.0 Å². The number of aliphatic hydroxyl groups is 6. The second-order valence-corrected chi connectivity index (χ2v) is 10.6. The topological polar surface area (TPSA) is 195 Å². The van der Waals surface area contributed by atoms with E-state index in [1.807, 2.05) is 12.1 Å². The van der Waals surface area contributed by atoms with Crippen molar-refractivity contribution in [2.45, 2.75) is 67.3 Å². The number of hydrogen-bond donors (Lipinski definition) is 6. The van der Waals surface area contributed by atoms with Crippen LogP contribution < -0.4 is 23.7 Å². The zero-order valence-corrected chi connectivity index (χ0v) is 22.8. The third-order valence-corrected chi connectivity index (χ3v) is 8.07. The van der Waals surface area contributed by atoms with Crippen molar-refractivity contribution >= 4 is 0 Å². The molecule has 6 N–H and O–H groups in total. The maximum atomic E-state index is 10.8. The van der Waals surface area contributed by atoms with Gasteiger partial charge in [0.25, 0.3) is 0 Å². The quantitative estimate of drug-likeness (QED) is 0.227. The lowest BCUT2D eigenvalue weighted by atomic mass is 9.89. The molecule has 0 spiro atoms. The van der Waals surface area contributed by atoms with E-state index in [2.05, 4.69) is 0 Å². The summed E-state index contributed by atoms with van der Waals surface area (Å²) in [5.41, 5.74) is 1.70. The first-order valence-electron chi connectivity index (χ1n) is 13.5. The number of aliphatic hydroxyl groups excluding tert-OH is 6. The Morgan fingerprint density at radius 1 is 0.857 bits per heavy atom. The van der Waals surface area contributed by atoms with Gasteiger partial charge in [0.1, 0.15) is 54.2 Å². The zero-order valence-electron chi connectivity index (χ0n) is 22.8. The normalized spacial score (nSPS) is 37.0. The van der Waals surface area contributed by atoms with Crippen molar-refractivity contribution in [2.24, 2.45) is 0 Å². The molecule has 0 saturated carbocycles. The van der Waals surface area contributed by atoms with Crippen molar-refractivity contribution in [3.8, 4) is 28.7 Å². The number of methoxy groups -OCH3 is 2. The van der Waals surface area contributed by atoms with Crippen molar-refractivity contribution in [3.05, 3.63) is 41.5 Å². The van der Waals surface area contributed by atoms with E-state index in [1.165, 1.54) is 0 Å². The lowest BCUT2D eigenvalue weighted by Gasteiger charge is -2.44. The van der Waals surface area contributed by atoms with E-state index in [0.29, 0.717) is 29.6 Å². The van der Waals surface area contributed by atoms with Crippen LogP contribution in [0.25, 0.3) is 0 Å². The van der Waals surface area contributed by atoms with Crippen molar-refractivity contribution in [1.29, 1.82) is 0 Å². The van der Waals surface area contributed by atoms with Crippen LogP contribution in [0.2, 0.25) is 0 Å². The lowest BCUT2D eigenvalue weighted by molar-refractivity contribution is -0.344. The molecule has 4 aliphatic rings. The van der Waals surface area contributed by atoms with Gasteiger partial charge in [0.2, 0.25) is 12.0 Å². The van der Waals surface area contributed by atoms with Crippen LogP contribution >= 0.6 is 0 Å². The molecule has 6 rings (SSSR count). The molecule has 0 bridgehead atoms. The molecule has 230 valence electrons. The number of hydrogen-bond acceptors (Lipinski definition) is 14. The summed E-state index contributed by atoms with van der Waals surface area (Å²) in [5.74, 6) is 2.29. The molecule has 2 aromatic rings. The smallest absolute Gasteiger partial charge is 0.229 e. The molecule has 0 aliphatic carbocycles. The average Bonchev–Trinajstić information content (AvgIpc) is 3.39. The van der Waals surface area contributed by atoms with Crippen molar-refractivity contribution < 1.29 is 68.5 Å². The molecular weight excluding hydrogens is 560 g/mol. The molecule has 0 aromatic heterocycles. The summed E-state index contributed by atoms with van der Waals surface area (Å²) in [6.07, 6.45) is -13.6. The van der Waals surface area contributed by atoms with Gasteiger partial charge < -0.3 is 68.5 Å². The molecule has 4 aliphatic heterocycles. The highest BCUT2D eigenvalue weighted by molar-refractivity contribution is 5.61. The van der Waals surface area contributed by atoms with Crippen LogP contribution in [0.4, 0.5) is 0 Å². The van der Waals surface area contributed by atoms with Crippen LogP contribution in [-0.4, -0.2) is 120 Å². The Hall–Kier alpha value is -2.92. The second kappa shape index (κ2) is 11.6. The van der Waals surface area contributed by atoms with E-state index in [0.717, 1.165) is 11.1 Å². The summed E-state index contributed by atoms with van der Waals surface area (Å²) in [6.45, 7) is -0.645. The third kappa shape index (κ3) is 4.92. The number of benzene rings is 2. The van der Waals surface area contributed by atoms with Crippen molar-refractivity contribution in [2.75, 3.05) is 34.0 Å². The van der Waals surface area contributed by atoms with Crippen LogP contribution in [0.5, 0.6) is 28.7 Å². The van der Waals surface area contributed by atoms with Gasteiger partial charge in [0, 0.05) is 17.2 Å². The van der Waals surface area contributed by atoms with Crippen LogP contribution in [-0.2, 0) is 14.2 Å². The molecule has 11 atom stereocenters. The lowest BCUT2D eigenvalue weighted by Crippen LogP contribution is -2.63. The minimum atomic E-state index is -1.66. The number of ether oxygens (including phenoxy) is 8. The fraction of sp³-hybridized carbons (Fsp3) is 0.571. The van der Waals surface area contributed by atoms with E-state index in [1.54, 1.807) is 32.4 Å². The fourth-order valence-electron chi connectivity index (χ4n) is 5.77. The molecule has 14 nitrogen and oxygen atoms in total. The highest BCUT2D eigenvalue weighted by Gasteiger charge is 2.50. The molecule has 2 aromatic carbocycles. The highest BCUT2D eigenvalue weighted by Crippen LogP contribution is 2.56. The second-order valence-electron chi connectivity index (χ2n) is 10.6. The van der Waals surface area contributed by atoms with E-state index in [4.69, 9.17) is 37.9 Å². The van der Waals surface area contributed by atoms with E-state index >= 15 is 0 Å². The maximum absolute atomic E-state index is 10.8. The summed E-state index contributed by atoms with van der Waals surface area (Å²) in [5, 5.41) is 61.1. The standard InChI is InChI=1S/C28H34O14/c1-35-16-6-5-12-14-9-37-17-7-11(3-4-13(17)23(14)41-24(12)25(16)36-2)39-28-26(21(33)20(32)18(8-29)40-28)42-27-22(34)19(31)15(30)10-38-27/h3-7,14-15,18-23,26-34H,8-10H2,1-2H3/t14?,15-,18-,19?,20-,21?,22?,23?,26?,27+,28-/m1/s1. The highest BCUT2D eigenvalue weighted by atomic mass is 16.8. The molecule has 0 radical (unpaired) electrons. The Balaban J connectivity index is 1.23. The summed E-state index contributed by atoms with van der Waals surface area (Å²) in [6, 6.07) is 8.79. The molecule has 6 unspecified atom stereocenters. The van der Waals surface area contributed by atoms with E-state index in [-0.39, 0.29) is 24.4 Å². The minimum Gasteiger partial charge on any atom is -0.493 e. The fourth-order valence-corrected chi connectivity index (χ4v) is 5.77. The zero-order chi connectivity index (χ0) is 29.7. The minimum absolute atomic E-state index is 0.0868. The SMILES string of the molecule is COc1ccc2c(c1OC)OC1c3ccc(O[C@@H]4O[C@H](CO)[C@@H](O)C(O)C4O[C@@H]4OC[C@@H](O)C(O)C4O)cc3OCC21. The Bertz CT molecular complexity index is 1270. The van der Waals surface area contributed by atoms with E-state index < -0.39 is 61.9 Å². The number of rotatable bonds is 7. The van der Waals surface area contributed by atoms with Gasteiger partial charge in [-0.3, -0.25) is 0 Å². The first-order chi connectivity index (χ1) is 20.2. The van der Waals surface area contributed by atoms with Crippen LogP contribution in [0.1, 0.15) is 23.1 Å². The molecule has 0 amide bonds. The van der Waals surface area contributed by atoms with Crippen molar-refractivity contribution in [3.63, 3.8) is 0 Å². The van der Waals surface area contributed by atoms with Gasteiger partial charge in [0.15, 0.2) is 23.9 Å². The molecular formula is C28H34O14. The monoisotopic (exact) mass is 594 g/mol. The Kier molecular flexibility index (Phi) is 8.08. The summed E-state index contributed by atoms with van der Waals surface area (Å²) >= 11 is 0.